The number of nitrogens with zero attached hydrogens (tertiary/aromatic N) is 2. The lowest BCUT2D eigenvalue weighted by Gasteiger charge is -2.24. The molecule has 8 N–H and O–H groups in total. The lowest BCUT2D eigenvalue weighted by molar-refractivity contribution is 0.100. The fraction of sp³-hybridized carbons (Fsp3) is 0.520. The molecule has 188 valence electrons. The van der Waals surface area contributed by atoms with Gasteiger partial charge in [-0.15, -0.1) is 11.3 Å². The van der Waals surface area contributed by atoms with Crippen LogP contribution in [0.1, 0.15) is 80.8 Å². The average Bonchev–Trinajstić information content (AvgIpc) is 3.19. The number of carbonyl (C=O) groups excluding carboxylic acids is 1. The van der Waals surface area contributed by atoms with E-state index in [4.69, 9.17) is 34.7 Å². The standard InChI is InChI=1S/C14H18N4OS.C11H17N3S/c15-11-10-9(18-8-4-2-1-3-5-8)6-7-17-14(10)20-12(11)13(16)19;1-8(10(7-12)11(13)15)14-9-5-3-2-4-6-9/h6-8H,1-5,15H2,(H2,16,19)(H,17,18);9,14H,2-6H2,1H3,(H2,13,15)/b;10-8-. The lowest BCUT2D eigenvalue weighted by Crippen LogP contribution is -2.31. The van der Waals surface area contributed by atoms with E-state index < -0.39 is 5.91 Å². The van der Waals surface area contributed by atoms with Crippen LogP contribution in [0, 0.1) is 11.3 Å². The molecule has 2 saturated carbocycles. The van der Waals surface area contributed by atoms with Crippen LogP contribution in [0.5, 0.6) is 0 Å². The smallest absolute Gasteiger partial charge is 0.260 e. The molecule has 0 saturated heterocycles. The van der Waals surface area contributed by atoms with Crippen molar-refractivity contribution in [2.75, 3.05) is 11.1 Å². The Morgan fingerprint density at radius 3 is 2.26 bits per heavy atom. The molecule has 0 aliphatic heterocycles. The minimum absolute atomic E-state index is 0.179. The molecule has 1 amide bonds. The molecule has 0 radical (unpaired) electrons. The number of allylic oxidation sites excluding steroid dienone is 1. The second kappa shape index (κ2) is 12.7. The number of primary amides is 1. The fourth-order valence-electron chi connectivity index (χ4n) is 4.76. The van der Waals surface area contributed by atoms with Crippen LogP contribution in [0.3, 0.4) is 0 Å². The Balaban J connectivity index is 0.000000205. The second-order valence-corrected chi connectivity index (χ2v) is 10.6. The highest BCUT2D eigenvalue weighted by Gasteiger charge is 2.20. The number of fused-ring (bicyclic) bond motifs is 1. The molecule has 2 heterocycles. The molecular formula is C25H35N7OS2. The first-order valence-electron chi connectivity index (χ1n) is 12.2. The number of hydrogen-bond donors (Lipinski definition) is 5. The zero-order valence-corrected chi connectivity index (χ0v) is 21.9. The lowest BCUT2D eigenvalue weighted by atomic mass is 9.95. The normalized spacial score (nSPS) is 17.5. The van der Waals surface area contributed by atoms with E-state index in [1.807, 2.05) is 19.1 Å². The predicted octanol–water partition coefficient (Wildman–Crippen LogP) is 4.71. The predicted molar refractivity (Wildman–Crippen MR) is 148 cm³/mol. The van der Waals surface area contributed by atoms with E-state index in [2.05, 4.69) is 15.6 Å². The van der Waals surface area contributed by atoms with E-state index in [9.17, 15) is 4.79 Å². The van der Waals surface area contributed by atoms with E-state index in [-0.39, 0.29) is 4.99 Å². The van der Waals surface area contributed by atoms with Crippen LogP contribution >= 0.6 is 23.6 Å². The molecule has 0 spiro atoms. The Labute approximate surface area is 216 Å². The number of carbonyl (C=O) groups is 1. The van der Waals surface area contributed by atoms with Crippen molar-refractivity contribution < 1.29 is 4.79 Å². The Bertz CT molecular complexity index is 1120. The van der Waals surface area contributed by atoms with Gasteiger partial charge < -0.3 is 27.8 Å². The summed E-state index contributed by atoms with van der Waals surface area (Å²) in [5.74, 6) is -0.492. The third kappa shape index (κ3) is 7.05. The number of nitriles is 1. The van der Waals surface area contributed by atoms with Gasteiger partial charge in [0, 0.05) is 29.7 Å². The van der Waals surface area contributed by atoms with Crippen molar-refractivity contribution in [3.8, 4) is 6.07 Å². The number of thiophene rings is 1. The number of thiocarbonyl (C=S) groups is 1. The van der Waals surface area contributed by atoms with Crippen LogP contribution in [0.15, 0.2) is 23.5 Å². The van der Waals surface area contributed by atoms with E-state index in [0.717, 1.165) is 21.6 Å². The minimum Gasteiger partial charge on any atom is -0.397 e. The minimum atomic E-state index is -0.492. The van der Waals surface area contributed by atoms with Gasteiger partial charge in [-0.1, -0.05) is 50.7 Å². The van der Waals surface area contributed by atoms with Crippen molar-refractivity contribution in [2.45, 2.75) is 83.2 Å². The Morgan fingerprint density at radius 2 is 1.71 bits per heavy atom. The van der Waals surface area contributed by atoms with Gasteiger partial charge >= 0.3 is 0 Å². The van der Waals surface area contributed by atoms with Crippen LogP contribution in [0.4, 0.5) is 11.4 Å². The average molecular weight is 514 g/mol. The van der Waals surface area contributed by atoms with Crippen molar-refractivity contribution in [1.29, 1.82) is 5.26 Å². The summed E-state index contributed by atoms with van der Waals surface area (Å²) in [6, 6.07) is 4.92. The maximum atomic E-state index is 11.4. The fourth-order valence-corrected chi connectivity index (χ4v) is 5.90. The van der Waals surface area contributed by atoms with E-state index in [1.54, 1.807) is 6.20 Å². The van der Waals surface area contributed by atoms with Gasteiger partial charge in [0.2, 0.25) is 0 Å². The summed E-state index contributed by atoms with van der Waals surface area (Å²) in [5, 5.41) is 16.6. The van der Waals surface area contributed by atoms with Gasteiger partial charge in [-0.05, 0) is 38.7 Å². The van der Waals surface area contributed by atoms with Gasteiger partial charge in [-0.25, -0.2) is 4.98 Å². The van der Waals surface area contributed by atoms with Gasteiger partial charge in [0.15, 0.2) is 0 Å². The van der Waals surface area contributed by atoms with Gasteiger partial charge in [0.1, 0.15) is 26.3 Å². The summed E-state index contributed by atoms with van der Waals surface area (Å²) in [4.78, 5) is 17.0. The highest BCUT2D eigenvalue weighted by Crippen LogP contribution is 2.37. The number of hydrogen-bond acceptors (Lipinski definition) is 8. The first-order valence-corrected chi connectivity index (χ1v) is 13.4. The molecule has 2 aromatic rings. The van der Waals surface area contributed by atoms with Crippen LogP contribution in [-0.2, 0) is 0 Å². The van der Waals surface area contributed by atoms with Crippen LogP contribution in [0.2, 0.25) is 0 Å². The number of nitrogens with one attached hydrogen (secondary N) is 2. The molecular weight excluding hydrogens is 478 g/mol. The number of rotatable bonds is 6. The Morgan fingerprint density at radius 1 is 1.11 bits per heavy atom. The molecule has 2 fully saturated rings. The molecule has 10 heteroatoms. The van der Waals surface area contributed by atoms with E-state index >= 15 is 0 Å². The van der Waals surface area contributed by atoms with Crippen molar-refractivity contribution in [1.82, 2.24) is 10.3 Å². The molecule has 8 nitrogen and oxygen atoms in total. The number of nitrogens with two attached hydrogens (primary N) is 3. The van der Waals surface area contributed by atoms with E-state index in [1.165, 1.54) is 75.5 Å². The van der Waals surface area contributed by atoms with Crippen molar-refractivity contribution >= 4 is 56.0 Å². The maximum absolute atomic E-state index is 11.4. The molecule has 35 heavy (non-hydrogen) atoms. The van der Waals surface area contributed by atoms with Gasteiger partial charge in [-0.3, -0.25) is 4.79 Å². The van der Waals surface area contributed by atoms with Gasteiger partial charge in [0.05, 0.1) is 11.1 Å². The zero-order chi connectivity index (χ0) is 25.4. The summed E-state index contributed by atoms with van der Waals surface area (Å²) in [6.45, 7) is 1.87. The highest BCUT2D eigenvalue weighted by atomic mass is 32.1. The Hall–Kier alpha value is -2.90. The molecule has 2 aliphatic rings. The molecule has 2 aromatic heterocycles. The highest BCUT2D eigenvalue weighted by molar-refractivity contribution is 7.80. The third-order valence-corrected chi connectivity index (χ3v) is 7.91. The van der Waals surface area contributed by atoms with Crippen LogP contribution < -0.4 is 27.8 Å². The van der Waals surface area contributed by atoms with Crippen LogP contribution in [0.25, 0.3) is 10.2 Å². The second-order valence-electron chi connectivity index (χ2n) is 9.18. The summed E-state index contributed by atoms with van der Waals surface area (Å²) >= 11 is 6.08. The van der Waals surface area contributed by atoms with Gasteiger partial charge in [-0.2, -0.15) is 5.26 Å². The van der Waals surface area contributed by atoms with E-state index in [0.29, 0.717) is 28.2 Å². The first kappa shape index (κ1) is 26.7. The quantitative estimate of drug-likeness (QED) is 0.211. The summed E-state index contributed by atoms with van der Waals surface area (Å²) in [5.41, 5.74) is 19.5. The topological polar surface area (TPSA) is 156 Å². The summed E-state index contributed by atoms with van der Waals surface area (Å²) in [6.07, 6.45) is 14.1. The van der Waals surface area contributed by atoms with Crippen LogP contribution in [-0.4, -0.2) is 28.0 Å². The molecule has 0 atom stereocenters. The third-order valence-electron chi connectivity index (χ3n) is 6.58. The molecule has 0 bridgehead atoms. The molecule has 0 aromatic carbocycles. The zero-order valence-electron chi connectivity index (χ0n) is 20.2. The van der Waals surface area contributed by atoms with Gasteiger partial charge in [0.25, 0.3) is 5.91 Å². The maximum Gasteiger partial charge on any atom is 0.260 e. The largest absolute Gasteiger partial charge is 0.397 e. The number of aromatic nitrogens is 1. The number of anilines is 2. The SMILES string of the molecule is C/C(NC1CCCCC1)=C(\C#N)C(N)=S.NC(=O)c1sc2nccc(NC3CCCCC3)c2c1N. The van der Waals surface area contributed by atoms with Crippen molar-refractivity contribution in [3.05, 3.63) is 28.4 Å². The van der Waals surface area contributed by atoms with Crippen molar-refractivity contribution in [3.63, 3.8) is 0 Å². The first-order chi connectivity index (χ1) is 16.8. The Kier molecular flexibility index (Phi) is 9.69. The number of nitrogen functional groups attached to an aromatic ring is 1. The summed E-state index contributed by atoms with van der Waals surface area (Å²) in [7, 11) is 0. The molecule has 0 unspecified atom stereocenters. The summed E-state index contributed by atoms with van der Waals surface area (Å²) < 4.78 is 0. The molecule has 2 aliphatic carbocycles. The number of amides is 1. The monoisotopic (exact) mass is 513 g/mol. The number of pyridine rings is 1. The molecule has 4 rings (SSSR count). The van der Waals surface area contributed by atoms with Crippen molar-refractivity contribution in [2.24, 2.45) is 11.5 Å².